The topological polar surface area (TPSA) is 22.1 Å². The molecule has 0 unspecified atom stereocenters. The van der Waals surface area contributed by atoms with Gasteiger partial charge in [0.15, 0.2) is 0 Å². The largest absolute Gasteiger partial charge is 0.481 e. The summed E-state index contributed by atoms with van der Waals surface area (Å²) in [5.41, 5.74) is 0.670. The summed E-state index contributed by atoms with van der Waals surface area (Å²) in [5, 5.41) is 0. The van der Waals surface area contributed by atoms with Crippen LogP contribution in [0.4, 0.5) is 13.2 Å². The number of benzene rings is 1. The first-order chi connectivity index (χ1) is 9.10. The van der Waals surface area contributed by atoms with Gasteiger partial charge in [-0.15, -0.1) is 0 Å². The third kappa shape index (κ3) is 3.24. The molecular weight excluding hydrogens is 255 g/mol. The highest BCUT2D eigenvalue weighted by molar-refractivity contribution is 5.30. The van der Waals surface area contributed by atoms with Crippen molar-refractivity contribution in [2.24, 2.45) is 0 Å². The van der Waals surface area contributed by atoms with E-state index in [9.17, 15) is 13.2 Å². The van der Waals surface area contributed by atoms with Gasteiger partial charge in [-0.2, -0.15) is 0 Å². The van der Waals surface area contributed by atoms with Crippen molar-refractivity contribution in [3.8, 4) is 5.88 Å². The molecule has 19 heavy (non-hydrogen) atoms. The lowest BCUT2D eigenvalue weighted by atomic mass is 10.1. The quantitative estimate of drug-likeness (QED) is 0.841. The van der Waals surface area contributed by atoms with Crippen molar-refractivity contribution in [3.05, 3.63) is 59.0 Å². The first-order valence-electron chi connectivity index (χ1n) is 5.66. The van der Waals surface area contributed by atoms with Crippen LogP contribution in [0.5, 0.6) is 5.88 Å². The van der Waals surface area contributed by atoms with Crippen molar-refractivity contribution in [1.29, 1.82) is 0 Å². The van der Waals surface area contributed by atoms with Gasteiger partial charge in [0, 0.05) is 18.2 Å². The molecule has 1 aromatic carbocycles. The van der Waals surface area contributed by atoms with Gasteiger partial charge in [-0.1, -0.05) is 12.1 Å². The van der Waals surface area contributed by atoms with Crippen LogP contribution in [0, 0.1) is 5.82 Å². The van der Waals surface area contributed by atoms with Crippen molar-refractivity contribution < 1.29 is 17.9 Å². The van der Waals surface area contributed by atoms with Crippen LogP contribution in [0.1, 0.15) is 23.2 Å². The monoisotopic (exact) mass is 267 g/mol. The molecule has 0 radical (unpaired) electrons. The van der Waals surface area contributed by atoms with Crippen LogP contribution in [-0.4, -0.2) is 12.1 Å². The number of hydrogen-bond donors (Lipinski definition) is 0. The standard InChI is InChI=1S/C14H12F3NO/c1-19-13-4-2-3-10(18-13)7-9-5-6-12(15)11(8-9)14(16)17/h2-6,8,14H,7H2,1H3. The number of halogens is 3. The fraction of sp³-hybridized carbons (Fsp3) is 0.214. The number of hydrogen-bond acceptors (Lipinski definition) is 2. The molecule has 5 heteroatoms. The van der Waals surface area contributed by atoms with Gasteiger partial charge in [0.25, 0.3) is 6.43 Å². The Labute approximate surface area is 108 Å². The van der Waals surface area contributed by atoms with E-state index in [1.54, 1.807) is 18.2 Å². The van der Waals surface area contributed by atoms with E-state index in [1.807, 2.05) is 0 Å². The second-order valence-electron chi connectivity index (χ2n) is 4.00. The molecule has 0 aliphatic rings. The Morgan fingerprint density at radius 3 is 2.68 bits per heavy atom. The highest BCUT2D eigenvalue weighted by atomic mass is 19.3. The third-order valence-electron chi connectivity index (χ3n) is 2.67. The van der Waals surface area contributed by atoms with Gasteiger partial charge in [-0.25, -0.2) is 18.2 Å². The van der Waals surface area contributed by atoms with E-state index < -0.39 is 17.8 Å². The first-order valence-corrected chi connectivity index (χ1v) is 5.66. The maximum absolute atomic E-state index is 13.2. The summed E-state index contributed by atoms with van der Waals surface area (Å²) in [7, 11) is 1.50. The van der Waals surface area contributed by atoms with Crippen molar-refractivity contribution in [3.63, 3.8) is 0 Å². The Morgan fingerprint density at radius 2 is 2.00 bits per heavy atom. The predicted molar refractivity (Wildman–Crippen MR) is 65.0 cm³/mol. The number of rotatable bonds is 4. The van der Waals surface area contributed by atoms with Gasteiger partial charge >= 0.3 is 0 Å². The molecule has 1 heterocycles. The predicted octanol–water partition coefficient (Wildman–Crippen LogP) is 3.76. The second-order valence-corrected chi connectivity index (χ2v) is 4.00. The Morgan fingerprint density at radius 1 is 1.21 bits per heavy atom. The van der Waals surface area contributed by atoms with Gasteiger partial charge in [0.05, 0.1) is 12.7 Å². The number of pyridine rings is 1. The van der Waals surface area contributed by atoms with E-state index in [0.29, 0.717) is 23.6 Å². The molecule has 2 aromatic rings. The highest BCUT2D eigenvalue weighted by Gasteiger charge is 2.14. The number of ether oxygens (including phenoxy) is 1. The lowest BCUT2D eigenvalue weighted by Gasteiger charge is -2.07. The minimum Gasteiger partial charge on any atom is -0.481 e. The summed E-state index contributed by atoms with van der Waals surface area (Å²) in [6.07, 6.45) is -2.48. The summed E-state index contributed by atoms with van der Waals surface area (Å²) in [5.74, 6) is -0.439. The van der Waals surface area contributed by atoms with Gasteiger partial charge in [0.1, 0.15) is 5.82 Å². The van der Waals surface area contributed by atoms with Crippen LogP contribution in [0.15, 0.2) is 36.4 Å². The van der Waals surface area contributed by atoms with E-state index >= 15 is 0 Å². The van der Waals surface area contributed by atoms with Crippen molar-refractivity contribution >= 4 is 0 Å². The number of aromatic nitrogens is 1. The molecule has 1 aromatic heterocycles. The number of alkyl halides is 2. The lowest BCUT2D eigenvalue weighted by molar-refractivity contribution is 0.146. The Bertz CT molecular complexity index is 572. The smallest absolute Gasteiger partial charge is 0.266 e. The molecule has 0 amide bonds. The average molecular weight is 267 g/mol. The third-order valence-corrected chi connectivity index (χ3v) is 2.67. The molecule has 0 aliphatic carbocycles. The minimum absolute atomic E-state index is 0.344. The molecule has 2 nitrogen and oxygen atoms in total. The van der Waals surface area contributed by atoms with Crippen LogP contribution in [-0.2, 0) is 6.42 Å². The average Bonchev–Trinajstić information content (AvgIpc) is 2.41. The minimum atomic E-state index is -2.82. The second kappa shape index (κ2) is 5.73. The molecule has 0 bridgehead atoms. The van der Waals surface area contributed by atoms with Crippen LogP contribution in [0.2, 0.25) is 0 Å². The molecule has 0 spiro atoms. The zero-order valence-electron chi connectivity index (χ0n) is 10.2. The number of methoxy groups -OCH3 is 1. The molecule has 100 valence electrons. The van der Waals surface area contributed by atoms with E-state index in [0.717, 1.165) is 6.07 Å². The van der Waals surface area contributed by atoms with Gasteiger partial charge in [0.2, 0.25) is 5.88 Å². The maximum atomic E-state index is 13.2. The Kier molecular flexibility index (Phi) is 4.04. The molecule has 0 aliphatic heterocycles. The van der Waals surface area contributed by atoms with Crippen LogP contribution in [0.25, 0.3) is 0 Å². The first kappa shape index (κ1) is 13.4. The summed E-state index contributed by atoms with van der Waals surface area (Å²) < 4.78 is 43.3. The summed E-state index contributed by atoms with van der Waals surface area (Å²) in [6, 6.07) is 8.91. The van der Waals surface area contributed by atoms with Crippen molar-refractivity contribution in [2.45, 2.75) is 12.8 Å². The summed E-state index contributed by atoms with van der Waals surface area (Å²) >= 11 is 0. The molecule has 0 saturated carbocycles. The zero-order valence-corrected chi connectivity index (χ0v) is 10.2. The maximum Gasteiger partial charge on any atom is 0.266 e. The van der Waals surface area contributed by atoms with Crippen LogP contribution < -0.4 is 4.74 Å². The lowest BCUT2D eigenvalue weighted by Crippen LogP contribution is -1.97. The Balaban J connectivity index is 2.25. The molecular formula is C14H12F3NO. The normalized spacial score (nSPS) is 10.8. The van der Waals surface area contributed by atoms with Crippen molar-refractivity contribution in [1.82, 2.24) is 4.98 Å². The summed E-state index contributed by atoms with van der Waals surface area (Å²) in [6.45, 7) is 0. The Hall–Kier alpha value is -2.04. The molecule has 0 atom stereocenters. The van der Waals surface area contributed by atoms with Crippen LogP contribution >= 0.6 is 0 Å². The van der Waals surface area contributed by atoms with E-state index in [4.69, 9.17) is 4.74 Å². The molecule has 0 saturated heterocycles. The van der Waals surface area contributed by atoms with E-state index in [-0.39, 0.29) is 0 Å². The zero-order chi connectivity index (χ0) is 13.8. The van der Waals surface area contributed by atoms with Gasteiger partial charge in [-0.05, 0) is 23.8 Å². The molecule has 2 rings (SSSR count). The summed E-state index contributed by atoms with van der Waals surface area (Å²) in [4.78, 5) is 4.18. The highest BCUT2D eigenvalue weighted by Crippen LogP contribution is 2.24. The van der Waals surface area contributed by atoms with E-state index in [2.05, 4.69) is 4.98 Å². The van der Waals surface area contributed by atoms with Gasteiger partial charge in [-0.3, -0.25) is 0 Å². The fourth-order valence-electron chi connectivity index (χ4n) is 1.75. The van der Waals surface area contributed by atoms with Crippen LogP contribution in [0.3, 0.4) is 0 Å². The van der Waals surface area contributed by atoms with E-state index in [1.165, 1.54) is 19.2 Å². The van der Waals surface area contributed by atoms with Crippen molar-refractivity contribution in [2.75, 3.05) is 7.11 Å². The fourth-order valence-corrected chi connectivity index (χ4v) is 1.75. The van der Waals surface area contributed by atoms with Gasteiger partial charge < -0.3 is 4.74 Å². The molecule has 0 fully saturated rings. The SMILES string of the molecule is COc1cccc(Cc2ccc(F)c(C(F)F)c2)n1. The molecule has 0 N–H and O–H groups in total. The number of nitrogens with zero attached hydrogens (tertiary/aromatic N) is 1.